The molecule has 0 bridgehead atoms. The van der Waals surface area contributed by atoms with Crippen molar-refractivity contribution in [3.63, 3.8) is 0 Å². The van der Waals surface area contributed by atoms with Crippen LogP contribution in [0.4, 0.5) is 0 Å². The van der Waals surface area contributed by atoms with Crippen LogP contribution in [0.25, 0.3) is 5.52 Å². The van der Waals surface area contributed by atoms with E-state index >= 15 is 0 Å². The van der Waals surface area contributed by atoms with Gasteiger partial charge in [-0.05, 0) is 0 Å². The van der Waals surface area contributed by atoms with Crippen molar-refractivity contribution < 1.29 is 19.4 Å². The Hall–Kier alpha value is -2.48. The van der Waals surface area contributed by atoms with Crippen LogP contribution >= 0.6 is 0 Å². The lowest BCUT2D eigenvalue weighted by Gasteiger charge is -2.10. The fraction of sp³-hybridized carbons (Fsp3) is 0.273. The van der Waals surface area contributed by atoms with Crippen LogP contribution in [-0.4, -0.2) is 51.3 Å². The number of carbonyl (C=O) groups excluding carboxylic acids is 1. The van der Waals surface area contributed by atoms with E-state index < -0.39 is 18.0 Å². The second-order valence-electron chi connectivity index (χ2n) is 3.74. The molecule has 1 amide bonds. The maximum atomic E-state index is 11.9. The van der Waals surface area contributed by atoms with Gasteiger partial charge in [0, 0.05) is 19.5 Å². The Labute approximate surface area is 108 Å². The van der Waals surface area contributed by atoms with Gasteiger partial charge in [-0.15, -0.1) is 0 Å². The second kappa shape index (κ2) is 5.44. The molecule has 0 aliphatic carbocycles. The molecule has 1 unspecified atom stereocenters. The maximum Gasteiger partial charge on any atom is 0.334 e. The Morgan fingerprint density at radius 2 is 2.32 bits per heavy atom. The molecule has 0 saturated heterocycles. The SMILES string of the molecule is COC(CNC(=O)c1cnn2ccncc12)C(=O)O. The number of aliphatic carboxylic acids is 1. The largest absolute Gasteiger partial charge is 0.479 e. The predicted octanol–water partition coefficient (Wildman–Crippen LogP) is -0.441. The number of hydrogen-bond acceptors (Lipinski definition) is 5. The van der Waals surface area contributed by atoms with Gasteiger partial charge in [0.05, 0.1) is 30.0 Å². The fourth-order valence-electron chi connectivity index (χ4n) is 1.56. The van der Waals surface area contributed by atoms with Gasteiger partial charge in [-0.3, -0.25) is 9.78 Å². The fourth-order valence-corrected chi connectivity index (χ4v) is 1.56. The molecule has 2 aromatic heterocycles. The van der Waals surface area contributed by atoms with Crippen molar-refractivity contribution in [2.24, 2.45) is 0 Å². The van der Waals surface area contributed by atoms with Gasteiger partial charge >= 0.3 is 5.97 Å². The molecule has 0 spiro atoms. The monoisotopic (exact) mass is 264 g/mol. The first-order valence-electron chi connectivity index (χ1n) is 5.44. The highest BCUT2D eigenvalue weighted by Gasteiger charge is 2.19. The van der Waals surface area contributed by atoms with Crippen molar-refractivity contribution >= 4 is 17.4 Å². The number of nitrogens with one attached hydrogen (secondary N) is 1. The first-order chi connectivity index (χ1) is 9.13. The third-order valence-corrected chi connectivity index (χ3v) is 2.58. The summed E-state index contributed by atoms with van der Waals surface area (Å²) in [4.78, 5) is 26.6. The van der Waals surface area contributed by atoms with Gasteiger partial charge in [0.1, 0.15) is 0 Å². The number of aromatic nitrogens is 3. The van der Waals surface area contributed by atoms with E-state index in [0.29, 0.717) is 11.1 Å². The average molecular weight is 264 g/mol. The van der Waals surface area contributed by atoms with E-state index in [9.17, 15) is 9.59 Å². The minimum Gasteiger partial charge on any atom is -0.479 e. The molecule has 2 rings (SSSR count). The summed E-state index contributed by atoms with van der Waals surface area (Å²) < 4.78 is 6.23. The highest BCUT2D eigenvalue weighted by Crippen LogP contribution is 2.08. The van der Waals surface area contributed by atoms with Gasteiger partial charge in [0.15, 0.2) is 6.10 Å². The summed E-state index contributed by atoms with van der Waals surface area (Å²) in [6, 6.07) is 0. The highest BCUT2D eigenvalue weighted by molar-refractivity contribution is 6.00. The van der Waals surface area contributed by atoms with Crippen LogP contribution in [0, 0.1) is 0 Å². The summed E-state index contributed by atoms with van der Waals surface area (Å²) in [6.45, 7) is -0.123. The highest BCUT2D eigenvalue weighted by atomic mass is 16.5. The lowest BCUT2D eigenvalue weighted by atomic mass is 10.2. The number of fused-ring (bicyclic) bond motifs is 1. The quantitative estimate of drug-likeness (QED) is 0.758. The Kier molecular flexibility index (Phi) is 3.71. The van der Waals surface area contributed by atoms with E-state index in [-0.39, 0.29) is 6.54 Å². The summed E-state index contributed by atoms with van der Waals surface area (Å²) in [5.41, 5.74) is 0.873. The number of carbonyl (C=O) groups is 2. The van der Waals surface area contributed by atoms with Crippen molar-refractivity contribution in [2.75, 3.05) is 13.7 Å². The minimum atomic E-state index is -1.13. The Balaban J connectivity index is 2.10. The van der Waals surface area contributed by atoms with Gasteiger partial charge in [0.2, 0.25) is 0 Å². The van der Waals surface area contributed by atoms with Crippen molar-refractivity contribution in [3.05, 3.63) is 30.4 Å². The van der Waals surface area contributed by atoms with Crippen molar-refractivity contribution in [1.82, 2.24) is 19.9 Å². The molecule has 0 radical (unpaired) electrons. The minimum absolute atomic E-state index is 0.123. The summed E-state index contributed by atoms with van der Waals surface area (Å²) in [6.07, 6.45) is 4.99. The zero-order valence-electron chi connectivity index (χ0n) is 10.1. The third kappa shape index (κ3) is 2.68. The van der Waals surface area contributed by atoms with Crippen LogP contribution in [0.5, 0.6) is 0 Å². The molecule has 2 heterocycles. The van der Waals surface area contributed by atoms with Crippen LogP contribution < -0.4 is 5.32 Å². The average Bonchev–Trinajstić information content (AvgIpc) is 2.82. The molecule has 0 aliphatic rings. The number of ether oxygens (including phenoxy) is 1. The maximum absolute atomic E-state index is 11.9. The number of carboxylic acid groups (broad SMARTS) is 1. The van der Waals surface area contributed by atoms with Gasteiger partial charge in [-0.2, -0.15) is 5.10 Å². The van der Waals surface area contributed by atoms with E-state index in [1.807, 2.05) is 0 Å². The van der Waals surface area contributed by atoms with Crippen molar-refractivity contribution in [1.29, 1.82) is 0 Å². The predicted molar refractivity (Wildman–Crippen MR) is 63.8 cm³/mol. The van der Waals surface area contributed by atoms with Crippen LogP contribution in [0.15, 0.2) is 24.8 Å². The first kappa shape index (κ1) is 13.0. The third-order valence-electron chi connectivity index (χ3n) is 2.58. The van der Waals surface area contributed by atoms with Crippen molar-refractivity contribution in [2.45, 2.75) is 6.10 Å². The molecule has 2 aromatic rings. The molecule has 0 saturated carbocycles. The molecule has 8 nitrogen and oxygen atoms in total. The van der Waals surface area contributed by atoms with E-state index in [1.165, 1.54) is 24.0 Å². The lowest BCUT2D eigenvalue weighted by Crippen LogP contribution is -2.37. The Bertz CT molecular complexity index is 610. The van der Waals surface area contributed by atoms with E-state index in [1.54, 1.807) is 12.4 Å². The zero-order valence-corrected chi connectivity index (χ0v) is 10.1. The van der Waals surface area contributed by atoms with Crippen molar-refractivity contribution in [3.8, 4) is 0 Å². The summed E-state index contributed by atoms with van der Waals surface area (Å²) in [7, 11) is 1.27. The second-order valence-corrected chi connectivity index (χ2v) is 3.74. The topological polar surface area (TPSA) is 106 Å². The van der Waals surface area contributed by atoms with E-state index in [4.69, 9.17) is 9.84 Å². The number of rotatable bonds is 5. The normalized spacial score (nSPS) is 12.3. The van der Waals surface area contributed by atoms with Gasteiger partial charge < -0.3 is 15.2 Å². The van der Waals surface area contributed by atoms with Crippen LogP contribution in [0.2, 0.25) is 0 Å². The number of nitrogens with zero attached hydrogens (tertiary/aromatic N) is 3. The van der Waals surface area contributed by atoms with E-state index in [2.05, 4.69) is 15.4 Å². The van der Waals surface area contributed by atoms with Crippen LogP contribution in [-0.2, 0) is 9.53 Å². The summed E-state index contributed by atoms with van der Waals surface area (Å²) in [5, 5.41) is 15.3. The summed E-state index contributed by atoms with van der Waals surface area (Å²) in [5.74, 6) is -1.56. The smallest absolute Gasteiger partial charge is 0.334 e. The van der Waals surface area contributed by atoms with Gasteiger partial charge in [-0.25, -0.2) is 9.31 Å². The molecule has 1 atom stereocenters. The molecule has 8 heteroatoms. The first-order valence-corrected chi connectivity index (χ1v) is 5.44. The molecule has 19 heavy (non-hydrogen) atoms. The number of carboxylic acids is 1. The summed E-state index contributed by atoms with van der Waals surface area (Å²) >= 11 is 0. The number of hydrogen-bond donors (Lipinski definition) is 2. The van der Waals surface area contributed by atoms with Crippen LogP contribution in [0.1, 0.15) is 10.4 Å². The molecule has 0 aliphatic heterocycles. The molecule has 100 valence electrons. The van der Waals surface area contributed by atoms with Gasteiger partial charge in [-0.1, -0.05) is 0 Å². The molecule has 0 fully saturated rings. The van der Waals surface area contributed by atoms with Gasteiger partial charge in [0.25, 0.3) is 5.91 Å². The zero-order chi connectivity index (χ0) is 13.8. The lowest BCUT2D eigenvalue weighted by molar-refractivity contribution is -0.148. The standard InChI is InChI=1S/C11H12N4O4/c1-19-9(11(17)18)6-13-10(16)7-4-14-15-3-2-12-5-8(7)15/h2-5,9H,6H2,1H3,(H,13,16)(H,17,18). The Morgan fingerprint density at radius 3 is 3.00 bits per heavy atom. The molecular formula is C11H12N4O4. The Morgan fingerprint density at radius 1 is 1.53 bits per heavy atom. The van der Waals surface area contributed by atoms with E-state index in [0.717, 1.165) is 0 Å². The molecule has 0 aromatic carbocycles. The van der Waals surface area contributed by atoms with Crippen LogP contribution in [0.3, 0.4) is 0 Å². The number of amides is 1. The number of methoxy groups -OCH3 is 1. The molecule has 2 N–H and O–H groups in total. The molecular weight excluding hydrogens is 252 g/mol.